The number of aliphatic hydroxyl groups is 5. The summed E-state index contributed by atoms with van der Waals surface area (Å²) >= 11 is 0. The second-order valence-electron chi connectivity index (χ2n) is 3.36. The Labute approximate surface area is 87.9 Å². The van der Waals surface area contributed by atoms with Crippen molar-refractivity contribution in [1.29, 1.82) is 0 Å². The zero-order chi connectivity index (χ0) is 12.3. The fourth-order valence-electron chi connectivity index (χ4n) is 1.28. The Bertz CT molecular complexity index is 226. The molecule has 0 aromatic heterocycles. The molecule has 1 heterocycles. The molecule has 7 heteroatoms. The van der Waals surface area contributed by atoms with E-state index in [4.69, 9.17) is 21.1 Å². The van der Waals surface area contributed by atoms with Gasteiger partial charge in [0, 0.05) is 0 Å². The predicted octanol–water partition coefficient (Wildman–Crippen LogP) is -3.20. The molecule has 0 aromatic carbocycles. The largest absolute Gasteiger partial charge is 0.394 e. The van der Waals surface area contributed by atoms with Crippen LogP contribution < -0.4 is 0 Å². The van der Waals surface area contributed by atoms with Gasteiger partial charge in [-0.25, -0.2) is 0 Å². The molecule has 0 saturated carbocycles. The lowest BCUT2D eigenvalue weighted by atomic mass is 9.97. The van der Waals surface area contributed by atoms with Crippen LogP contribution in [0.1, 0.15) is 1.37 Å². The van der Waals surface area contributed by atoms with Crippen molar-refractivity contribution >= 4 is 0 Å². The lowest BCUT2D eigenvalue weighted by Gasteiger charge is -2.41. The average molecular weight is 225 g/mol. The SMILES string of the molecule is [2H]C(O)COCC1(O)OC[C@@H](O)[C@@H](O)[C@@H]1O. The zero-order valence-corrected chi connectivity index (χ0v) is 7.98. The van der Waals surface area contributed by atoms with Crippen molar-refractivity contribution in [1.82, 2.24) is 0 Å². The Kier molecular flexibility index (Phi) is 3.87. The average Bonchev–Trinajstić information content (AvgIpc) is 2.21. The maximum atomic E-state index is 9.73. The summed E-state index contributed by atoms with van der Waals surface area (Å²) in [6.45, 7) is -2.69. The molecule has 0 spiro atoms. The summed E-state index contributed by atoms with van der Waals surface area (Å²) in [6, 6.07) is 0. The van der Waals surface area contributed by atoms with Crippen LogP contribution in [0.2, 0.25) is 0 Å². The van der Waals surface area contributed by atoms with Crippen molar-refractivity contribution in [3.8, 4) is 0 Å². The molecule has 1 rings (SSSR count). The summed E-state index contributed by atoms with van der Waals surface area (Å²) in [5.41, 5.74) is 0. The maximum Gasteiger partial charge on any atom is 0.219 e. The number of hydrogen-bond donors (Lipinski definition) is 5. The lowest BCUT2D eigenvalue weighted by molar-refractivity contribution is -0.335. The van der Waals surface area contributed by atoms with Crippen LogP contribution in [-0.2, 0) is 9.47 Å². The van der Waals surface area contributed by atoms with Crippen molar-refractivity contribution in [2.24, 2.45) is 0 Å². The van der Waals surface area contributed by atoms with Gasteiger partial charge in [0.2, 0.25) is 5.79 Å². The van der Waals surface area contributed by atoms with Gasteiger partial charge in [-0.3, -0.25) is 0 Å². The standard InChI is InChI=1S/C8H16O7/c9-1-2-14-4-8(13)7(12)6(11)5(10)3-15-8/h5-7,9-13H,1-4H2/t5-,6-,7+,8?/m1/s1/i1D/t1?,5-,6-,7+,8?. The number of hydrogen-bond acceptors (Lipinski definition) is 7. The highest BCUT2D eigenvalue weighted by Gasteiger charge is 2.48. The van der Waals surface area contributed by atoms with E-state index in [1.807, 2.05) is 0 Å². The third-order valence-corrected chi connectivity index (χ3v) is 2.19. The fourth-order valence-corrected chi connectivity index (χ4v) is 1.28. The summed E-state index contributed by atoms with van der Waals surface area (Å²) in [7, 11) is 0. The third-order valence-electron chi connectivity index (χ3n) is 2.19. The minimum absolute atomic E-state index is 0.346. The van der Waals surface area contributed by atoms with E-state index in [1.165, 1.54) is 0 Å². The Morgan fingerprint density at radius 3 is 2.73 bits per heavy atom. The molecule has 1 saturated heterocycles. The molecule has 7 nitrogen and oxygen atoms in total. The molecule has 0 amide bonds. The summed E-state index contributed by atoms with van der Waals surface area (Å²) in [5.74, 6) is -2.15. The predicted molar refractivity (Wildman–Crippen MR) is 46.8 cm³/mol. The summed E-state index contributed by atoms with van der Waals surface area (Å²) < 4.78 is 16.2. The van der Waals surface area contributed by atoms with Crippen molar-refractivity contribution < 1.29 is 36.4 Å². The first-order valence-electron chi connectivity index (χ1n) is 5.03. The van der Waals surface area contributed by atoms with E-state index in [0.29, 0.717) is 0 Å². The van der Waals surface area contributed by atoms with Crippen molar-refractivity contribution in [3.05, 3.63) is 0 Å². The summed E-state index contributed by atoms with van der Waals surface area (Å²) in [6.07, 6.45) is -4.54. The van der Waals surface area contributed by atoms with Crippen LogP contribution in [0.5, 0.6) is 0 Å². The van der Waals surface area contributed by atoms with Gasteiger partial charge in [0.1, 0.15) is 24.9 Å². The third kappa shape index (κ3) is 2.85. The van der Waals surface area contributed by atoms with Gasteiger partial charge in [0.25, 0.3) is 0 Å². The second kappa shape index (κ2) is 5.17. The van der Waals surface area contributed by atoms with Gasteiger partial charge in [0.05, 0.1) is 21.2 Å². The highest BCUT2D eigenvalue weighted by Crippen LogP contribution is 2.24. The van der Waals surface area contributed by atoms with Crippen LogP contribution in [-0.4, -0.2) is 76.0 Å². The molecule has 0 aliphatic carbocycles. The van der Waals surface area contributed by atoms with Gasteiger partial charge < -0.3 is 35.0 Å². The van der Waals surface area contributed by atoms with E-state index in [9.17, 15) is 15.3 Å². The minimum atomic E-state index is -2.15. The monoisotopic (exact) mass is 225 g/mol. The summed E-state index contributed by atoms with van der Waals surface area (Å²) in [5, 5.41) is 46.2. The van der Waals surface area contributed by atoms with Gasteiger partial charge in [-0.15, -0.1) is 0 Å². The smallest absolute Gasteiger partial charge is 0.219 e. The van der Waals surface area contributed by atoms with E-state index in [2.05, 4.69) is 0 Å². The van der Waals surface area contributed by atoms with Gasteiger partial charge >= 0.3 is 0 Å². The van der Waals surface area contributed by atoms with Crippen molar-refractivity contribution in [2.75, 3.05) is 26.4 Å². The molecule has 5 atom stereocenters. The Hall–Kier alpha value is -0.280. The molecule has 0 aromatic rings. The van der Waals surface area contributed by atoms with Crippen LogP contribution in [0.4, 0.5) is 0 Å². The van der Waals surface area contributed by atoms with Crippen molar-refractivity contribution in [3.63, 3.8) is 0 Å². The highest BCUT2D eigenvalue weighted by molar-refractivity contribution is 4.91. The molecule has 1 fully saturated rings. The first-order valence-corrected chi connectivity index (χ1v) is 4.45. The van der Waals surface area contributed by atoms with E-state index in [-0.39, 0.29) is 13.2 Å². The highest BCUT2D eigenvalue weighted by atomic mass is 16.7. The van der Waals surface area contributed by atoms with E-state index in [0.717, 1.165) is 0 Å². The number of aliphatic hydroxyl groups excluding tert-OH is 4. The Morgan fingerprint density at radius 2 is 2.13 bits per heavy atom. The molecule has 5 N–H and O–H groups in total. The first kappa shape index (κ1) is 11.2. The zero-order valence-electron chi connectivity index (χ0n) is 8.98. The topological polar surface area (TPSA) is 120 Å². The van der Waals surface area contributed by atoms with E-state index < -0.39 is 37.3 Å². The quantitative estimate of drug-likeness (QED) is 0.342. The lowest BCUT2D eigenvalue weighted by Crippen LogP contribution is -2.62. The fraction of sp³-hybridized carbons (Fsp3) is 1.00. The van der Waals surface area contributed by atoms with Crippen LogP contribution in [0.25, 0.3) is 0 Å². The molecular formula is C8H16O7. The van der Waals surface area contributed by atoms with Crippen LogP contribution >= 0.6 is 0 Å². The first-order chi connectivity index (χ1) is 7.37. The molecule has 1 aliphatic heterocycles. The minimum Gasteiger partial charge on any atom is -0.394 e. The Morgan fingerprint density at radius 1 is 1.47 bits per heavy atom. The molecule has 1 aliphatic rings. The van der Waals surface area contributed by atoms with Crippen LogP contribution in [0.15, 0.2) is 0 Å². The van der Waals surface area contributed by atoms with E-state index >= 15 is 0 Å². The summed E-state index contributed by atoms with van der Waals surface area (Å²) in [4.78, 5) is 0. The van der Waals surface area contributed by atoms with Gasteiger partial charge in [-0.2, -0.15) is 0 Å². The van der Waals surface area contributed by atoms with E-state index in [1.54, 1.807) is 0 Å². The number of rotatable bonds is 4. The molecule has 2 unspecified atom stereocenters. The normalized spacial score (nSPS) is 44.9. The molecule has 0 bridgehead atoms. The number of ether oxygens (including phenoxy) is 2. The van der Waals surface area contributed by atoms with Gasteiger partial charge in [-0.1, -0.05) is 0 Å². The van der Waals surface area contributed by atoms with Crippen LogP contribution in [0.3, 0.4) is 0 Å². The molecule has 0 radical (unpaired) electrons. The van der Waals surface area contributed by atoms with Crippen LogP contribution in [0, 0.1) is 0 Å². The van der Waals surface area contributed by atoms with Gasteiger partial charge in [0.15, 0.2) is 0 Å². The van der Waals surface area contributed by atoms with Crippen molar-refractivity contribution in [2.45, 2.75) is 24.1 Å². The molecular weight excluding hydrogens is 208 g/mol. The Balaban J connectivity index is 2.49. The molecule has 15 heavy (non-hydrogen) atoms. The second-order valence-corrected chi connectivity index (χ2v) is 3.36. The van der Waals surface area contributed by atoms with Gasteiger partial charge in [-0.05, 0) is 0 Å². The molecule has 90 valence electrons. The maximum absolute atomic E-state index is 9.73.